The molecule has 1 aromatic carbocycles. The van der Waals surface area contributed by atoms with Crippen molar-refractivity contribution in [2.45, 2.75) is 19.6 Å². The molecule has 5 nitrogen and oxygen atoms in total. The van der Waals surface area contributed by atoms with E-state index in [-0.39, 0.29) is 12.0 Å². The highest BCUT2D eigenvalue weighted by Crippen LogP contribution is 2.23. The van der Waals surface area contributed by atoms with Crippen molar-refractivity contribution in [3.8, 4) is 11.3 Å². The fourth-order valence-corrected chi connectivity index (χ4v) is 2.85. The Morgan fingerprint density at radius 2 is 2.08 bits per heavy atom. The van der Waals surface area contributed by atoms with Crippen LogP contribution in [0.1, 0.15) is 12.7 Å². The van der Waals surface area contributed by atoms with Crippen LogP contribution in [-0.2, 0) is 16.1 Å². The van der Waals surface area contributed by atoms with Gasteiger partial charge in [0.2, 0.25) is 5.91 Å². The zero-order valence-electron chi connectivity index (χ0n) is 13.6. The first-order valence-corrected chi connectivity index (χ1v) is 8.43. The number of amides is 1. The van der Waals surface area contributed by atoms with Crippen LogP contribution in [0.3, 0.4) is 0 Å². The van der Waals surface area contributed by atoms with Gasteiger partial charge in [-0.3, -0.25) is 9.69 Å². The standard InChI is InChI=1S/C18H21ClN2O3/c1-13-11-21(8-9-23-13)12-18(22)20-10-16-6-7-17(24-16)14-2-4-15(19)5-3-14/h2-7,13H,8-12H2,1H3,(H,20,22). The van der Waals surface area contributed by atoms with E-state index in [9.17, 15) is 4.79 Å². The molecule has 1 aliphatic heterocycles. The molecule has 0 saturated carbocycles. The van der Waals surface area contributed by atoms with Gasteiger partial charge < -0.3 is 14.5 Å². The lowest BCUT2D eigenvalue weighted by molar-refractivity contribution is -0.124. The zero-order valence-corrected chi connectivity index (χ0v) is 14.4. The van der Waals surface area contributed by atoms with Crippen LogP contribution in [0.15, 0.2) is 40.8 Å². The predicted molar refractivity (Wildman–Crippen MR) is 92.9 cm³/mol. The number of halogens is 1. The first kappa shape index (κ1) is 17.0. The molecule has 1 unspecified atom stereocenters. The van der Waals surface area contributed by atoms with E-state index in [2.05, 4.69) is 10.2 Å². The van der Waals surface area contributed by atoms with Gasteiger partial charge in [0.15, 0.2) is 0 Å². The third-order valence-electron chi connectivity index (χ3n) is 3.94. The van der Waals surface area contributed by atoms with Crippen molar-refractivity contribution in [2.24, 2.45) is 0 Å². The molecule has 0 bridgehead atoms. The Balaban J connectivity index is 1.50. The summed E-state index contributed by atoms with van der Waals surface area (Å²) in [6, 6.07) is 11.2. The van der Waals surface area contributed by atoms with Crippen molar-refractivity contribution in [1.82, 2.24) is 10.2 Å². The number of carbonyl (C=O) groups excluding carboxylic acids is 1. The van der Waals surface area contributed by atoms with Crippen molar-refractivity contribution in [1.29, 1.82) is 0 Å². The molecule has 0 aliphatic carbocycles. The van der Waals surface area contributed by atoms with E-state index >= 15 is 0 Å². The SMILES string of the molecule is CC1CN(CC(=O)NCc2ccc(-c3ccc(Cl)cc3)o2)CCO1. The molecule has 24 heavy (non-hydrogen) atoms. The number of morpholine rings is 1. The number of hydrogen-bond donors (Lipinski definition) is 1. The topological polar surface area (TPSA) is 54.7 Å². The minimum atomic E-state index is -0.00598. The predicted octanol–water partition coefficient (Wildman–Crippen LogP) is 2.94. The van der Waals surface area contributed by atoms with Crippen molar-refractivity contribution in [3.63, 3.8) is 0 Å². The number of ether oxygens (including phenoxy) is 1. The number of hydrogen-bond acceptors (Lipinski definition) is 4. The van der Waals surface area contributed by atoms with E-state index in [4.69, 9.17) is 20.8 Å². The molecule has 2 aromatic rings. The largest absolute Gasteiger partial charge is 0.459 e. The highest BCUT2D eigenvalue weighted by Gasteiger charge is 2.18. The van der Waals surface area contributed by atoms with Crippen LogP contribution in [0.4, 0.5) is 0 Å². The molecular weight excluding hydrogens is 328 g/mol. The van der Waals surface area contributed by atoms with Crippen LogP contribution in [0.2, 0.25) is 5.02 Å². The van der Waals surface area contributed by atoms with E-state index in [1.54, 1.807) is 0 Å². The molecule has 1 aromatic heterocycles. The van der Waals surface area contributed by atoms with Gasteiger partial charge in [0.1, 0.15) is 11.5 Å². The molecule has 1 atom stereocenters. The molecule has 128 valence electrons. The quantitative estimate of drug-likeness (QED) is 0.902. The Labute approximate surface area is 146 Å². The molecule has 1 aliphatic rings. The summed E-state index contributed by atoms with van der Waals surface area (Å²) >= 11 is 5.89. The van der Waals surface area contributed by atoms with Crippen LogP contribution in [0.5, 0.6) is 0 Å². The highest BCUT2D eigenvalue weighted by atomic mass is 35.5. The summed E-state index contributed by atoms with van der Waals surface area (Å²) in [6.45, 7) is 5.04. The van der Waals surface area contributed by atoms with Gasteiger partial charge in [-0.05, 0) is 43.3 Å². The Hall–Kier alpha value is -1.82. The molecule has 1 saturated heterocycles. The van der Waals surface area contributed by atoms with Crippen molar-refractivity contribution >= 4 is 17.5 Å². The average molecular weight is 349 g/mol. The first-order valence-electron chi connectivity index (χ1n) is 8.05. The fourth-order valence-electron chi connectivity index (χ4n) is 2.72. The van der Waals surface area contributed by atoms with Crippen molar-refractivity contribution in [2.75, 3.05) is 26.2 Å². The molecule has 1 N–H and O–H groups in total. The maximum atomic E-state index is 12.1. The molecule has 1 amide bonds. The van der Waals surface area contributed by atoms with E-state index in [0.717, 1.165) is 30.2 Å². The zero-order chi connectivity index (χ0) is 16.9. The van der Waals surface area contributed by atoms with E-state index in [1.165, 1.54) is 0 Å². The van der Waals surface area contributed by atoms with Gasteiger partial charge in [0, 0.05) is 23.7 Å². The number of carbonyl (C=O) groups is 1. The Morgan fingerprint density at radius 3 is 2.83 bits per heavy atom. The number of nitrogens with zero attached hydrogens (tertiary/aromatic N) is 1. The Morgan fingerprint density at radius 1 is 1.29 bits per heavy atom. The first-order chi connectivity index (χ1) is 11.6. The lowest BCUT2D eigenvalue weighted by Gasteiger charge is -2.30. The van der Waals surface area contributed by atoms with Crippen molar-refractivity contribution < 1.29 is 13.9 Å². The molecule has 1 fully saturated rings. The average Bonchev–Trinajstić information content (AvgIpc) is 3.03. The monoisotopic (exact) mass is 348 g/mol. The smallest absolute Gasteiger partial charge is 0.234 e. The van der Waals surface area contributed by atoms with Gasteiger partial charge in [-0.1, -0.05) is 11.6 Å². The summed E-state index contributed by atoms with van der Waals surface area (Å²) in [5.41, 5.74) is 0.958. The van der Waals surface area contributed by atoms with Crippen LogP contribution >= 0.6 is 11.6 Å². The van der Waals surface area contributed by atoms with Gasteiger partial charge in [0.05, 0.1) is 25.8 Å². The van der Waals surface area contributed by atoms with Crippen LogP contribution in [-0.4, -0.2) is 43.2 Å². The lowest BCUT2D eigenvalue weighted by Crippen LogP contribution is -2.45. The van der Waals surface area contributed by atoms with Crippen LogP contribution in [0, 0.1) is 0 Å². The second-order valence-corrected chi connectivity index (χ2v) is 6.40. The van der Waals surface area contributed by atoms with Gasteiger partial charge >= 0.3 is 0 Å². The van der Waals surface area contributed by atoms with Crippen LogP contribution < -0.4 is 5.32 Å². The minimum Gasteiger partial charge on any atom is -0.459 e. The second-order valence-electron chi connectivity index (χ2n) is 5.97. The third kappa shape index (κ3) is 4.60. The van der Waals surface area contributed by atoms with E-state index in [0.29, 0.717) is 24.7 Å². The number of benzene rings is 1. The third-order valence-corrected chi connectivity index (χ3v) is 4.19. The summed E-state index contributed by atoms with van der Waals surface area (Å²) in [7, 11) is 0. The number of nitrogens with one attached hydrogen (secondary N) is 1. The Kier molecular flexibility index (Phi) is 5.56. The lowest BCUT2D eigenvalue weighted by atomic mass is 10.2. The van der Waals surface area contributed by atoms with Gasteiger partial charge in [-0.25, -0.2) is 0 Å². The maximum absolute atomic E-state index is 12.1. The minimum absolute atomic E-state index is 0.00598. The molecule has 0 spiro atoms. The number of rotatable bonds is 5. The second kappa shape index (κ2) is 7.83. The highest BCUT2D eigenvalue weighted by molar-refractivity contribution is 6.30. The molecule has 6 heteroatoms. The number of furan rings is 1. The molecule has 0 radical (unpaired) electrons. The van der Waals surface area contributed by atoms with E-state index in [1.807, 2.05) is 43.3 Å². The summed E-state index contributed by atoms with van der Waals surface area (Å²) < 4.78 is 11.3. The van der Waals surface area contributed by atoms with Crippen LogP contribution in [0.25, 0.3) is 11.3 Å². The maximum Gasteiger partial charge on any atom is 0.234 e. The normalized spacial score (nSPS) is 18.5. The molecule has 3 rings (SSSR count). The van der Waals surface area contributed by atoms with E-state index < -0.39 is 0 Å². The summed E-state index contributed by atoms with van der Waals surface area (Å²) in [4.78, 5) is 14.2. The van der Waals surface area contributed by atoms with Crippen molar-refractivity contribution in [3.05, 3.63) is 47.2 Å². The summed E-state index contributed by atoms with van der Waals surface area (Å²) in [5, 5.41) is 3.59. The van der Waals surface area contributed by atoms with Gasteiger partial charge in [-0.15, -0.1) is 0 Å². The van der Waals surface area contributed by atoms with Gasteiger partial charge in [-0.2, -0.15) is 0 Å². The Bertz CT molecular complexity index is 684. The molecular formula is C18H21ClN2O3. The summed E-state index contributed by atoms with van der Waals surface area (Å²) in [6.07, 6.45) is 0.179. The summed E-state index contributed by atoms with van der Waals surface area (Å²) in [5.74, 6) is 1.48. The molecule has 2 heterocycles. The van der Waals surface area contributed by atoms with Gasteiger partial charge in [0.25, 0.3) is 0 Å². The fraction of sp³-hybridized carbons (Fsp3) is 0.389.